The number of hydrogen-bond acceptors (Lipinski definition) is 9. The third kappa shape index (κ3) is 5.29. The number of amides is 1. The van der Waals surface area contributed by atoms with Crippen LogP contribution in [0.4, 0.5) is 5.69 Å². The minimum atomic E-state index is -0.122. The lowest BCUT2D eigenvalue weighted by Gasteiger charge is -2.17. The molecule has 1 aliphatic heterocycles. The van der Waals surface area contributed by atoms with E-state index in [0.29, 0.717) is 34.3 Å². The standard InChI is InChI=1S/C32H24N8O2S/c1-18(41)27-7-8-28(43-27)24-16-34-17-26-30(24)39-32(38-26)31-23-11-25(35-13-21(23)14-36-40-31)20-10-22(15-33-12-20)37-29(42)9-19-5-3-2-4-6-19/h2-8,10-13,15-17,36H,9,14H2,1H3,(H,37,42)(H,38,39). The van der Waals surface area contributed by atoms with Crippen LogP contribution < -0.4 is 10.7 Å². The fourth-order valence-electron chi connectivity index (χ4n) is 4.98. The predicted molar refractivity (Wildman–Crippen MR) is 166 cm³/mol. The van der Waals surface area contributed by atoms with E-state index in [-0.39, 0.29) is 18.1 Å². The van der Waals surface area contributed by atoms with Crippen LogP contribution in [0.3, 0.4) is 0 Å². The first-order chi connectivity index (χ1) is 21.0. The van der Waals surface area contributed by atoms with Crippen molar-refractivity contribution in [2.75, 3.05) is 5.32 Å². The van der Waals surface area contributed by atoms with Gasteiger partial charge in [0.15, 0.2) is 11.6 Å². The number of aromatic amines is 1. The number of H-pyrrole nitrogens is 1. The summed E-state index contributed by atoms with van der Waals surface area (Å²) >= 11 is 1.42. The van der Waals surface area contributed by atoms with Gasteiger partial charge >= 0.3 is 0 Å². The van der Waals surface area contributed by atoms with Crippen molar-refractivity contribution in [1.29, 1.82) is 0 Å². The minimum absolute atomic E-state index is 0.0260. The van der Waals surface area contributed by atoms with Gasteiger partial charge in [0.1, 0.15) is 11.2 Å². The Morgan fingerprint density at radius 1 is 0.953 bits per heavy atom. The van der Waals surface area contributed by atoms with E-state index in [2.05, 4.69) is 35.8 Å². The molecule has 1 amide bonds. The van der Waals surface area contributed by atoms with E-state index >= 15 is 0 Å². The Morgan fingerprint density at radius 3 is 2.65 bits per heavy atom. The van der Waals surface area contributed by atoms with E-state index in [4.69, 9.17) is 4.98 Å². The van der Waals surface area contributed by atoms with E-state index in [1.54, 1.807) is 31.7 Å². The average Bonchev–Trinajstić information content (AvgIpc) is 3.69. The molecule has 0 saturated heterocycles. The van der Waals surface area contributed by atoms with Gasteiger partial charge in [-0.25, -0.2) is 4.98 Å². The monoisotopic (exact) mass is 584 g/mol. The van der Waals surface area contributed by atoms with E-state index in [1.165, 1.54) is 11.3 Å². The van der Waals surface area contributed by atoms with Gasteiger partial charge in [-0.3, -0.25) is 24.5 Å². The van der Waals surface area contributed by atoms with Crippen LogP contribution in [0.5, 0.6) is 0 Å². The van der Waals surface area contributed by atoms with Crippen molar-refractivity contribution in [1.82, 2.24) is 30.3 Å². The van der Waals surface area contributed by atoms with E-state index in [0.717, 1.165) is 43.7 Å². The molecular formula is C32H24N8O2S. The third-order valence-corrected chi connectivity index (χ3v) is 8.28. The van der Waals surface area contributed by atoms with E-state index in [9.17, 15) is 9.59 Å². The van der Waals surface area contributed by atoms with E-state index in [1.807, 2.05) is 60.8 Å². The molecule has 0 bridgehead atoms. The molecule has 5 aromatic heterocycles. The van der Waals surface area contributed by atoms with Gasteiger partial charge < -0.3 is 15.7 Å². The molecule has 0 fully saturated rings. The highest BCUT2D eigenvalue weighted by atomic mass is 32.1. The SMILES string of the molecule is CC(=O)c1ccc(-c2cncc3[nH]c(C4=NNCc5cnc(-c6cncc(NC(=O)Cc7ccccc7)c6)cc54)nc23)s1. The number of pyridine rings is 3. The van der Waals surface area contributed by atoms with Crippen LogP contribution in [-0.4, -0.2) is 42.3 Å². The van der Waals surface area contributed by atoms with Gasteiger partial charge in [-0.1, -0.05) is 30.3 Å². The summed E-state index contributed by atoms with van der Waals surface area (Å²) in [5.74, 6) is 0.485. The number of Topliss-reactive ketones (excluding diaryl/α,β-unsaturated/α-hetero) is 1. The fraction of sp³-hybridized carbons (Fsp3) is 0.0938. The molecule has 1 aromatic carbocycles. The van der Waals surface area contributed by atoms with E-state index < -0.39 is 0 Å². The quantitative estimate of drug-likeness (QED) is 0.214. The second-order valence-corrected chi connectivity index (χ2v) is 11.2. The summed E-state index contributed by atoms with van der Waals surface area (Å²) < 4.78 is 0. The van der Waals surface area contributed by atoms with Crippen LogP contribution in [0.25, 0.3) is 32.7 Å². The molecule has 210 valence electrons. The first kappa shape index (κ1) is 26.4. The van der Waals surface area contributed by atoms with Crippen LogP contribution in [0.1, 0.15) is 39.1 Å². The number of fused-ring (bicyclic) bond motifs is 2. The van der Waals surface area contributed by atoms with Crippen molar-refractivity contribution >= 4 is 45.5 Å². The zero-order chi connectivity index (χ0) is 29.3. The molecule has 1 aliphatic rings. The summed E-state index contributed by atoms with van der Waals surface area (Å²) in [6, 6.07) is 17.2. The number of imidazole rings is 1. The summed E-state index contributed by atoms with van der Waals surface area (Å²) in [6.45, 7) is 2.08. The summed E-state index contributed by atoms with van der Waals surface area (Å²) in [4.78, 5) is 47.8. The Bertz CT molecular complexity index is 2050. The molecule has 0 saturated carbocycles. The number of thiophene rings is 1. The number of aromatic nitrogens is 5. The maximum atomic E-state index is 12.6. The number of benzene rings is 1. The molecule has 0 aliphatic carbocycles. The summed E-state index contributed by atoms with van der Waals surface area (Å²) in [6.07, 6.45) is 8.92. The Kier molecular flexibility index (Phi) is 6.76. The molecule has 0 atom stereocenters. The lowest BCUT2D eigenvalue weighted by atomic mass is 10.0. The lowest BCUT2D eigenvalue weighted by Crippen LogP contribution is -2.22. The molecule has 11 heteroatoms. The van der Waals surface area contributed by atoms with Crippen molar-refractivity contribution in [2.45, 2.75) is 19.9 Å². The van der Waals surface area contributed by atoms with Gasteiger partial charge in [0, 0.05) is 45.7 Å². The number of carbonyl (C=O) groups excluding carboxylic acids is 2. The van der Waals surface area contributed by atoms with Gasteiger partial charge in [0.2, 0.25) is 5.91 Å². The normalized spacial score (nSPS) is 12.3. The van der Waals surface area contributed by atoms with Crippen LogP contribution in [-0.2, 0) is 17.8 Å². The Morgan fingerprint density at radius 2 is 1.81 bits per heavy atom. The second-order valence-electron chi connectivity index (χ2n) is 10.1. The number of nitrogens with zero attached hydrogens (tertiary/aromatic N) is 5. The Balaban J connectivity index is 1.19. The molecule has 0 unspecified atom stereocenters. The van der Waals surface area contributed by atoms with Gasteiger partial charge in [-0.15, -0.1) is 11.3 Å². The average molecular weight is 585 g/mol. The van der Waals surface area contributed by atoms with Crippen molar-refractivity contribution in [2.24, 2.45) is 5.10 Å². The van der Waals surface area contributed by atoms with Gasteiger partial charge in [0.25, 0.3) is 0 Å². The highest BCUT2D eigenvalue weighted by molar-refractivity contribution is 7.17. The smallest absolute Gasteiger partial charge is 0.228 e. The zero-order valence-electron chi connectivity index (χ0n) is 23.0. The molecule has 3 N–H and O–H groups in total. The number of ketones is 1. The molecule has 43 heavy (non-hydrogen) atoms. The van der Waals surface area contributed by atoms with Crippen LogP contribution in [0.15, 0.2) is 90.7 Å². The lowest BCUT2D eigenvalue weighted by molar-refractivity contribution is -0.115. The molecule has 0 spiro atoms. The first-order valence-electron chi connectivity index (χ1n) is 13.6. The Labute approximate surface area is 250 Å². The molecule has 6 aromatic rings. The van der Waals surface area contributed by atoms with Crippen molar-refractivity contribution in [3.63, 3.8) is 0 Å². The topological polar surface area (TPSA) is 138 Å². The number of hydrogen-bond donors (Lipinski definition) is 3. The number of hydrazone groups is 1. The van der Waals surface area contributed by atoms with Crippen LogP contribution in [0.2, 0.25) is 0 Å². The van der Waals surface area contributed by atoms with Crippen LogP contribution >= 0.6 is 11.3 Å². The van der Waals surface area contributed by atoms with Gasteiger partial charge in [0.05, 0.1) is 47.1 Å². The van der Waals surface area contributed by atoms with Gasteiger partial charge in [-0.2, -0.15) is 5.10 Å². The third-order valence-electron chi connectivity index (χ3n) is 7.06. The first-order valence-corrected chi connectivity index (χ1v) is 14.4. The highest BCUT2D eigenvalue weighted by Crippen LogP contribution is 2.33. The largest absolute Gasteiger partial charge is 0.335 e. The molecule has 10 nitrogen and oxygen atoms in total. The highest BCUT2D eigenvalue weighted by Gasteiger charge is 2.22. The maximum absolute atomic E-state index is 12.6. The number of rotatable bonds is 7. The van der Waals surface area contributed by atoms with Crippen molar-refractivity contribution in [3.8, 4) is 21.7 Å². The number of nitrogens with one attached hydrogen (secondary N) is 3. The minimum Gasteiger partial charge on any atom is -0.335 e. The Hall–Kier alpha value is -5.55. The molecule has 6 heterocycles. The summed E-state index contributed by atoms with van der Waals surface area (Å²) in [7, 11) is 0. The fourth-order valence-corrected chi connectivity index (χ4v) is 5.89. The van der Waals surface area contributed by atoms with Crippen LogP contribution in [0, 0.1) is 0 Å². The summed E-state index contributed by atoms with van der Waals surface area (Å²) in [5.41, 5.74) is 10.9. The van der Waals surface area contributed by atoms with Gasteiger partial charge in [-0.05, 0) is 36.8 Å². The zero-order valence-corrected chi connectivity index (χ0v) is 23.8. The summed E-state index contributed by atoms with van der Waals surface area (Å²) in [5, 5.41) is 7.54. The second kappa shape index (κ2) is 11.0. The van der Waals surface area contributed by atoms with Crippen molar-refractivity contribution in [3.05, 3.63) is 113 Å². The number of carbonyl (C=O) groups is 2. The predicted octanol–water partition coefficient (Wildman–Crippen LogP) is 5.38. The molecular weight excluding hydrogens is 560 g/mol. The molecule has 7 rings (SSSR count). The maximum Gasteiger partial charge on any atom is 0.228 e. The van der Waals surface area contributed by atoms with Crippen molar-refractivity contribution < 1.29 is 9.59 Å². The number of anilines is 1. The molecule has 0 radical (unpaired) electrons.